The Labute approximate surface area is 100 Å². The van der Waals surface area contributed by atoms with Crippen LogP contribution in [-0.2, 0) is 18.3 Å². The van der Waals surface area contributed by atoms with Gasteiger partial charge in [-0.15, -0.1) is 0 Å². The summed E-state index contributed by atoms with van der Waals surface area (Å²) >= 11 is 0. The zero-order chi connectivity index (χ0) is 11.8. The van der Waals surface area contributed by atoms with Crippen LogP contribution in [0.3, 0.4) is 0 Å². The van der Waals surface area contributed by atoms with Crippen molar-refractivity contribution in [3.63, 3.8) is 0 Å². The molecule has 1 saturated carbocycles. The Kier molecular flexibility index (Phi) is 2.46. The van der Waals surface area contributed by atoms with E-state index in [4.69, 9.17) is 0 Å². The minimum Gasteiger partial charge on any atom is -0.300 e. The first kappa shape index (κ1) is 10.5. The highest BCUT2D eigenvalue weighted by atomic mass is 16.1. The molecule has 1 atom stereocenters. The molecule has 3 rings (SSSR count). The number of fused-ring (bicyclic) bond motifs is 1. The van der Waals surface area contributed by atoms with Gasteiger partial charge in [-0.25, -0.2) is 0 Å². The molecule has 1 aromatic carbocycles. The average Bonchev–Trinajstić information content (AvgIpc) is 2.86. The number of nitrogens with zero attached hydrogens (tertiary/aromatic N) is 2. The SMILES string of the molecule is Cn1nc(CC2CCC(=O)C2)c2ccccc21. The maximum atomic E-state index is 11.3. The largest absolute Gasteiger partial charge is 0.300 e. The van der Waals surface area contributed by atoms with Crippen LogP contribution in [0.25, 0.3) is 10.9 Å². The number of aryl methyl sites for hydroxylation is 1. The fourth-order valence-electron chi connectivity index (χ4n) is 2.78. The minimum absolute atomic E-state index is 0.412. The lowest BCUT2D eigenvalue weighted by molar-refractivity contribution is -0.117. The molecule has 0 aliphatic heterocycles. The number of hydrogen-bond donors (Lipinski definition) is 0. The lowest BCUT2D eigenvalue weighted by Gasteiger charge is -2.04. The van der Waals surface area contributed by atoms with Gasteiger partial charge in [0.2, 0.25) is 0 Å². The number of ketones is 1. The third kappa shape index (κ3) is 1.86. The molecule has 88 valence electrons. The number of aromatic nitrogens is 2. The summed E-state index contributed by atoms with van der Waals surface area (Å²) in [4.78, 5) is 11.3. The van der Waals surface area contributed by atoms with E-state index < -0.39 is 0 Å². The molecule has 0 amide bonds. The molecule has 1 aliphatic rings. The standard InChI is InChI=1S/C14H16N2O/c1-16-14-5-3-2-4-12(14)13(15-16)9-10-6-7-11(17)8-10/h2-5,10H,6-9H2,1H3. The highest BCUT2D eigenvalue weighted by Crippen LogP contribution is 2.28. The topological polar surface area (TPSA) is 34.9 Å². The molecule has 1 fully saturated rings. The third-order valence-electron chi connectivity index (χ3n) is 3.66. The smallest absolute Gasteiger partial charge is 0.133 e. The van der Waals surface area contributed by atoms with Gasteiger partial charge >= 0.3 is 0 Å². The summed E-state index contributed by atoms with van der Waals surface area (Å²) in [7, 11) is 1.98. The molecule has 0 N–H and O–H groups in total. The van der Waals surface area contributed by atoms with Gasteiger partial charge < -0.3 is 0 Å². The summed E-state index contributed by atoms with van der Waals surface area (Å²) in [6, 6.07) is 8.29. The van der Waals surface area contributed by atoms with Crippen LogP contribution >= 0.6 is 0 Å². The second kappa shape index (κ2) is 3.99. The van der Waals surface area contributed by atoms with Crippen LogP contribution < -0.4 is 0 Å². The van der Waals surface area contributed by atoms with E-state index in [2.05, 4.69) is 17.2 Å². The van der Waals surface area contributed by atoms with Gasteiger partial charge in [0.25, 0.3) is 0 Å². The van der Waals surface area contributed by atoms with Gasteiger partial charge in [-0.1, -0.05) is 18.2 Å². The van der Waals surface area contributed by atoms with Crippen molar-refractivity contribution < 1.29 is 4.79 Å². The number of Topliss-reactive ketones (excluding diaryl/α,β-unsaturated/α-hetero) is 1. The zero-order valence-corrected chi connectivity index (χ0v) is 10.0. The van der Waals surface area contributed by atoms with Crippen LogP contribution in [0.1, 0.15) is 25.0 Å². The van der Waals surface area contributed by atoms with Gasteiger partial charge in [0.05, 0.1) is 11.2 Å². The molecule has 1 aliphatic carbocycles. The number of carbonyl (C=O) groups is 1. The molecule has 1 aromatic heterocycles. The van der Waals surface area contributed by atoms with Crippen molar-refractivity contribution in [3.05, 3.63) is 30.0 Å². The number of carbonyl (C=O) groups excluding carboxylic acids is 1. The molecule has 17 heavy (non-hydrogen) atoms. The third-order valence-corrected chi connectivity index (χ3v) is 3.66. The van der Waals surface area contributed by atoms with E-state index in [-0.39, 0.29) is 0 Å². The van der Waals surface area contributed by atoms with Gasteiger partial charge in [0.1, 0.15) is 5.78 Å². The number of rotatable bonds is 2. The first-order chi connectivity index (χ1) is 8.24. The quantitative estimate of drug-likeness (QED) is 0.791. The van der Waals surface area contributed by atoms with Gasteiger partial charge in [0, 0.05) is 25.3 Å². The van der Waals surface area contributed by atoms with Crippen molar-refractivity contribution in [2.24, 2.45) is 13.0 Å². The molecule has 0 saturated heterocycles. The van der Waals surface area contributed by atoms with E-state index in [9.17, 15) is 4.79 Å². The zero-order valence-electron chi connectivity index (χ0n) is 10.0. The Hall–Kier alpha value is -1.64. The molecule has 0 radical (unpaired) electrons. The first-order valence-electron chi connectivity index (χ1n) is 6.16. The maximum absolute atomic E-state index is 11.3. The van der Waals surface area contributed by atoms with E-state index in [0.717, 1.165) is 31.4 Å². The summed E-state index contributed by atoms with van der Waals surface area (Å²) in [5.74, 6) is 0.913. The lowest BCUT2D eigenvalue weighted by atomic mass is 10.00. The fourth-order valence-corrected chi connectivity index (χ4v) is 2.78. The van der Waals surface area contributed by atoms with Crippen molar-refractivity contribution >= 4 is 16.7 Å². The van der Waals surface area contributed by atoms with E-state index in [1.165, 1.54) is 10.9 Å². The normalized spacial score (nSPS) is 20.3. The summed E-state index contributed by atoms with van der Waals surface area (Å²) in [6.07, 6.45) is 3.47. The monoisotopic (exact) mass is 228 g/mol. The number of para-hydroxylation sites is 1. The van der Waals surface area contributed by atoms with Gasteiger partial charge in [-0.2, -0.15) is 5.10 Å². The van der Waals surface area contributed by atoms with Crippen molar-refractivity contribution in [2.75, 3.05) is 0 Å². The van der Waals surface area contributed by atoms with E-state index >= 15 is 0 Å². The molecule has 0 spiro atoms. The molecule has 1 unspecified atom stereocenters. The highest BCUT2D eigenvalue weighted by molar-refractivity contribution is 5.83. The van der Waals surface area contributed by atoms with E-state index in [1.54, 1.807) is 0 Å². The average molecular weight is 228 g/mol. The Morgan fingerprint density at radius 1 is 1.41 bits per heavy atom. The Morgan fingerprint density at radius 3 is 3.00 bits per heavy atom. The van der Waals surface area contributed by atoms with Crippen LogP contribution in [0, 0.1) is 5.92 Å². The molecule has 1 heterocycles. The van der Waals surface area contributed by atoms with Gasteiger partial charge in [0.15, 0.2) is 0 Å². The van der Waals surface area contributed by atoms with Gasteiger partial charge in [-0.05, 0) is 24.8 Å². The van der Waals surface area contributed by atoms with E-state index in [0.29, 0.717) is 11.7 Å². The van der Waals surface area contributed by atoms with Crippen molar-refractivity contribution in [1.29, 1.82) is 0 Å². The van der Waals surface area contributed by atoms with Crippen molar-refractivity contribution in [3.8, 4) is 0 Å². The highest BCUT2D eigenvalue weighted by Gasteiger charge is 2.23. The van der Waals surface area contributed by atoms with Crippen LogP contribution in [0.5, 0.6) is 0 Å². The molecule has 0 bridgehead atoms. The lowest BCUT2D eigenvalue weighted by Crippen LogP contribution is -2.02. The minimum atomic E-state index is 0.412. The fraction of sp³-hybridized carbons (Fsp3) is 0.429. The second-order valence-corrected chi connectivity index (χ2v) is 4.94. The van der Waals surface area contributed by atoms with E-state index in [1.807, 2.05) is 23.9 Å². The Bertz CT molecular complexity index is 571. The molecular weight excluding hydrogens is 212 g/mol. The predicted octanol–water partition coefficient (Wildman–Crippen LogP) is 2.49. The summed E-state index contributed by atoms with van der Waals surface area (Å²) in [5, 5.41) is 5.81. The summed E-state index contributed by atoms with van der Waals surface area (Å²) in [5.41, 5.74) is 2.31. The molecular formula is C14H16N2O. The predicted molar refractivity (Wildman–Crippen MR) is 66.8 cm³/mol. The first-order valence-corrected chi connectivity index (χ1v) is 6.16. The number of hydrogen-bond acceptors (Lipinski definition) is 2. The Balaban J connectivity index is 1.92. The van der Waals surface area contributed by atoms with Gasteiger partial charge in [-0.3, -0.25) is 9.48 Å². The molecule has 3 heteroatoms. The van der Waals surface area contributed by atoms with Crippen molar-refractivity contribution in [1.82, 2.24) is 9.78 Å². The molecule has 2 aromatic rings. The summed E-state index contributed by atoms with van der Waals surface area (Å²) < 4.78 is 1.93. The van der Waals surface area contributed by atoms with Crippen LogP contribution in [0.2, 0.25) is 0 Å². The van der Waals surface area contributed by atoms with Crippen LogP contribution in [-0.4, -0.2) is 15.6 Å². The maximum Gasteiger partial charge on any atom is 0.133 e. The second-order valence-electron chi connectivity index (χ2n) is 4.94. The van der Waals surface area contributed by atoms with Crippen molar-refractivity contribution in [2.45, 2.75) is 25.7 Å². The Morgan fingerprint density at radius 2 is 2.24 bits per heavy atom. The van der Waals surface area contributed by atoms with Crippen LogP contribution in [0.4, 0.5) is 0 Å². The number of benzene rings is 1. The molecule has 3 nitrogen and oxygen atoms in total. The summed E-state index contributed by atoms with van der Waals surface area (Å²) in [6.45, 7) is 0. The van der Waals surface area contributed by atoms with Crippen LogP contribution in [0.15, 0.2) is 24.3 Å².